The summed E-state index contributed by atoms with van der Waals surface area (Å²) in [5, 5.41) is 11.9. The van der Waals surface area contributed by atoms with E-state index in [2.05, 4.69) is 16.3 Å². The van der Waals surface area contributed by atoms with Crippen LogP contribution in [0, 0.1) is 11.3 Å². The van der Waals surface area contributed by atoms with Gasteiger partial charge in [-0.1, -0.05) is 24.3 Å². The summed E-state index contributed by atoms with van der Waals surface area (Å²) in [6.07, 6.45) is 1.95. The molecule has 1 heterocycles. The molecule has 6 nitrogen and oxygen atoms in total. The second-order valence-electron chi connectivity index (χ2n) is 7.55. The minimum absolute atomic E-state index is 0.0235. The van der Waals surface area contributed by atoms with E-state index in [-0.39, 0.29) is 12.1 Å². The molecule has 1 aliphatic heterocycles. The van der Waals surface area contributed by atoms with Crippen molar-refractivity contribution in [2.24, 2.45) is 0 Å². The van der Waals surface area contributed by atoms with Gasteiger partial charge in [-0.2, -0.15) is 5.26 Å². The third kappa shape index (κ3) is 5.97. The standard InChI is InChI=1S/C23H28N4O2/c1-26(2)23(28)25-21-12-14-27(17-21)13-3-15-29-22-10-8-20(9-11-22)19-6-4-18(16-24)5-7-19/h4-11,21H,3,12-15,17H2,1-2H3,(H,25,28)/t21-/m1/s1. The van der Waals surface area contributed by atoms with E-state index in [4.69, 9.17) is 10.00 Å². The molecular formula is C23H28N4O2. The number of benzene rings is 2. The summed E-state index contributed by atoms with van der Waals surface area (Å²) >= 11 is 0. The van der Waals surface area contributed by atoms with Gasteiger partial charge in [0.1, 0.15) is 5.75 Å². The molecule has 6 heteroatoms. The van der Waals surface area contributed by atoms with Gasteiger partial charge in [0, 0.05) is 39.8 Å². The summed E-state index contributed by atoms with van der Waals surface area (Å²) in [4.78, 5) is 15.7. The zero-order valence-electron chi connectivity index (χ0n) is 17.1. The molecular weight excluding hydrogens is 364 g/mol. The maximum Gasteiger partial charge on any atom is 0.317 e. The van der Waals surface area contributed by atoms with Crippen molar-refractivity contribution in [2.75, 3.05) is 40.3 Å². The number of likely N-dealkylation sites (tertiary alicyclic amines) is 1. The van der Waals surface area contributed by atoms with E-state index >= 15 is 0 Å². The molecule has 0 aliphatic carbocycles. The first-order valence-electron chi connectivity index (χ1n) is 9.99. The summed E-state index contributed by atoms with van der Waals surface area (Å²) in [6, 6.07) is 18.0. The van der Waals surface area contributed by atoms with E-state index in [0.717, 1.165) is 49.4 Å². The van der Waals surface area contributed by atoms with Gasteiger partial charge in [-0.05, 0) is 48.2 Å². The number of ether oxygens (including phenoxy) is 1. The van der Waals surface area contributed by atoms with Crippen molar-refractivity contribution in [2.45, 2.75) is 18.9 Å². The summed E-state index contributed by atoms with van der Waals surface area (Å²) in [6.45, 7) is 3.55. The van der Waals surface area contributed by atoms with Crippen LogP contribution in [0.3, 0.4) is 0 Å². The van der Waals surface area contributed by atoms with Crippen LogP contribution in [0.15, 0.2) is 48.5 Å². The highest BCUT2D eigenvalue weighted by Crippen LogP contribution is 2.23. The third-order valence-electron chi connectivity index (χ3n) is 5.10. The first-order valence-corrected chi connectivity index (χ1v) is 9.99. The van der Waals surface area contributed by atoms with E-state index in [0.29, 0.717) is 12.2 Å². The van der Waals surface area contributed by atoms with Crippen molar-refractivity contribution in [3.05, 3.63) is 54.1 Å². The number of carbonyl (C=O) groups excluding carboxylic acids is 1. The molecule has 0 unspecified atom stereocenters. The van der Waals surface area contributed by atoms with Crippen molar-refractivity contribution in [1.82, 2.24) is 15.1 Å². The lowest BCUT2D eigenvalue weighted by molar-refractivity contribution is 0.212. The van der Waals surface area contributed by atoms with Gasteiger partial charge in [0.15, 0.2) is 0 Å². The molecule has 1 fully saturated rings. The molecule has 2 amide bonds. The minimum atomic E-state index is -0.0235. The highest BCUT2D eigenvalue weighted by Gasteiger charge is 2.23. The van der Waals surface area contributed by atoms with Gasteiger partial charge in [-0.25, -0.2) is 4.79 Å². The summed E-state index contributed by atoms with van der Waals surface area (Å²) in [7, 11) is 3.52. The normalized spacial score (nSPS) is 16.2. The Balaban J connectivity index is 1.38. The smallest absolute Gasteiger partial charge is 0.317 e. The molecule has 0 radical (unpaired) electrons. The van der Waals surface area contributed by atoms with Crippen LogP contribution < -0.4 is 10.1 Å². The Morgan fingerprint density at radius 2 is 1.83 bits per heavy atom. The Morgan fingerprint density at radius 3 is 2.45 bits per heavy atom. The lowest BCUT2D eigenvalue weighted by atomic mass is 10.0. The second-order valence-corrected chi connectivity index (χ2v) is 7.55. The average Bonchev–Trinajstić information content (AvgIpc) is 3.19. The monoisotopic (exact) mass is 392 g/mol. The fourth-order valence-electron chi connectivity index (χ4n) is 3.42. The highest BCUT2D eigenvalue weighted by molar-refractivity contribution is 5.73. The summed E-state index contributed by atoms with van der Waals surface area (Å²) < 4.78 is 5.87. The minimum Gasteiger partial charge on any atom is -0.494 e. The van der Waals surface area contributed by atoms with Crippen LogP contribution in [0.5, 0.6) is 5.75 Å². The summed E-state index contributed by atoms with van der Waals surface area (Å²) in [5.41, 5.74) is 2.85. The Bertz CT molecular complexity index is 841. The molecule has 0 bridgehead atoms. The van der Waals surface area contributed by atoms with Crippen LogP contribution in [0.1, 0.15) is 18.4 Å². The predicted octanol–water partition coefficient (Wildman–Crippen LogP) is 3.34. The van der Waals surface area contributed by atoms with Gasteiger partial charge in [-0.15, -0.1) is 0 Å². The van der Waals surface area contributed by atoms with E-state index < -0.39 is 0 Å². The molecule has 0 aromatic heterocycles. The lowest BCUT2D eigenvalue weighted by Crippen LogP contribution is -2.42. The van der Waals surface area contributed by atoms with Gasteiger partial charge < -0.3 is 19.9 Å². The molecule has 152 valence electrons. The van der Waals surface area contributed by atoms with E-state index in [9.17, 15) is 4.79 Å². The van der Waals surface area contributed by atoms with Gasteiger partial charge in [-0.3, -0.25) is 0 Å². The summed E-state index contributed by atoms with van der Waals surface area (Å²) in [5.74, 6) is 0.861. The largest absolute Gasteiger partial charge is 0.494 e. The van der Waals surface area contributed by atoms with Crippen LogP contribution in [0.4, 0.5) is 4.79 Å². The fourth-order valence-corrected chi connectivity index (χ4v) is 3.42. The second kappa shape index (κ2) is 9.94. The van der Waals surface area contributed by atoms with Crippen LogP contribution in [0.2, 0.25) is 0 Å². The molecule has 2 aromatic carbocycles. The first-order chi connectivity index (χ1) is 14.0. The first kappa shape index (κ1) is 20.7. The molecule has 2 aromatic rings. The highest BCUT2D eigenvalue weighted by atomic mass is 16.5. The van der Waals surface area contributed by atoms with Gasteiger partial charge in [0.25, 0.3) is 0 Å². The molecule has 3 rings (SSSR count). The zero-order chi connectivity index (χ0) is 20.6. The number of carbonyl (C=O) groups is 1. The Morgan fingerprint density at radius 1 is 1.17 bits per heavy atom. The molecule has 0 spiro atoms. The predicted molar refractivity (Wildman–Crippen MR) is 114 cm³/mol. The van der Waals surface area contributed by atoms with Crippen molar-refractivity contribution in [1.29, 1.82) is 5.26 Å². The SMILES string of the molecule is CN(C)C(=O)N[C@@H]1CCN(CCCOc2ccc(-c3ccc(C#N)cc3)cc2)C1. The Hall–Kier alpha value is -3.04. The van der Waals surface area contributed by atoms with Crippen molar-refractivity contribution >= 4 is 6.03 Å². The molecule has 0 saturated carbocycles. The maximum atomic E-state index is 11.7. The Labute approximate surface area is 172 Å². The number of nitrogens with one attached hydrogen (secondary N) is 1. The number of nitrogens with zero attached hydrogens (tertiary/aromatic N) is 3. The molecule has 1 N–H and O–H groups in total. The fraction of sp³-hybridized carbons (Fsp3) is 0.391. The number of nitriles is 1. The van der Waals surface area contributed by atoms with Gasteiger partial charge in [0.05, 0.1) is 18.2 Å². The van der Waals surface area contributed by atoms with E-state index in [1.54, 1.807) is 19.0 Å². The molecule has 29 heavy (non-hydrogen) atoms. The number of rotatable bonds is 7. The number of amides is 2. The molecule has 1 saturated heterocycles. The lowest BCUT2D eigenvalue weighted by Gasteiger charge is -2.18. The zero-order valence-corrected chi connectivity index (χ0v) is 17.1. The Kier molecular flexibility index (Phi) is 7.09. The van der Waals surface area contributed by atoms with Crippen LogP contribution in [-0.2, 0) is 0 Å². The number of hydrogen-bond acceptors (Lipinski definition) is 4. The van der Waals surface area contributed by atoms with Crippen molar-refractivity contribution in [3.63, 3.8) is 0 Å². The van der Waals surface area contributed by atoms with Gasteiger partial charge >= 0.3 is 6.03 Å². The average molecular weight is 393 g/mol. The van der Waals surface area contributed by atoms with Crippen molar-refractivity contribution < 1.29 is 9.53 Å². The topological polar surface area (TPSA) is 68.6 Å². The van der Waals surface area contributed by atoms with Crippen LogP contribution in [-0.4, -0.2) is 62.2 Å². The van der Waals surface area contributed by atoms with Gasteiger partial charge in [0.2, 0.25) is 0 Å². The van der Waals surface area contributed by atoms with E-state index in [1.165, 1.54) is 0 Å². The van der Waals surface area contributed by atoms with Crippen molar-refractivity contribution in [3.8, 4) is 22.9 Å². The molecule has 1 atom stereocenters. The van der Waals surface area contributed by atoms with E-state index in [1.807, 2.05) is 48.5 Å². The quantitative estimate of drug-likeness (QED) is 0.734. The van der Waals surface area contributed by atoms with Crippen LogP contribution >= 0.6 is 0 Å². The number of urea groups is 1. The maximum absolute atomic E-state index is 11.7. The third-order valence-corrected chi connectivity index (χ3v) is 5.10. The van der Waals surface area contributed by atoms with Crippen LogP contribution in [0.25, 0.3) is 11.1 Å². The number of hydrogen-bond donors (Lipinski definition) is 1. The molecule has 1 aliphatic rings.